The Labute approximate surface area is 190 Å². The van der Waals surface area contributed by atoms with E-state index in [-0.39, 0.29) is 5.69 Å². The second-order valence-electron chi connectivity index (χ2n) is 7.65. The van der Waals surface area contributed by atoms with Crippen molar-refractivity contribution in [3.8, 4) is 10.4 Å². The number of ether oxygens (including phenoxy) is 1. The van der Waals surface area contributed by atoms with Crippen LogP contribution in [0.5, 0.6) is 0 Å². The van der Waals surface area contributed by atoms with Gasteiger partial charge in [-0.1, -0.05) is 6.07 Å². The number of aromatic amines is 2. The van der Waals surface area contributed by atoms with Gasteiger partial charge in [0.05, 0.1) is 36.2 Å². The zero-order chi connectivity index (χ0) is 21.5. The standard InChI is InChI=1S/C22H20N6O2S2/c29-22-24-15-4-3-13(10-16(15)25-22)23-20-19-14(17-2-1-9-31-17)12-32-21(19)27-18(26-20)11-28-5-7-30-8-6-28/h1-4,9-10,12H,5-8,11H2,(H,23,26,27)(H2,24,25,29). The van der Waals surface area contributed by atoms with Gasteiger partial charge in [0.2, 0.25) is 0 Å². The van der Waals surface area contributed by atoms with Crippen molar-refractivity contribution in [1.29, 1.82) is 0 Å². The van der Waals surface area contributed by atoms with E-state index in [0.717, 1.165) is 70.4 Å². The first kappa shape index (κ1) is 19.6. The number of H-pyrrole nitrogens is 2. The van der Waals surface area contributed by atoms with Crippen LogP contribution in [-0.4, -0.2) is 51.1 Å². The third-order valence-electron chi connectivity index (χ3n) is 5.51. The highest BCUT2D eigenvalue weighted by molar-refractivity contribution is 7.18. The molecule has 162 valence electrons. The topological polar surface area (TPSA) is 98.9 Å². The van der Waals surface area contributed by atoms with Crippen LogP contribution < -0.4 is 11.0 Å². The van der Waals surface area contributed by atoms with Crippen molar-refractivity contribution < 1.29 is 4.74 Å². The molecule has 0 atom stereocenters. The van der Waals surface area contributed by atoms with E-state index in [2.05, 4.69) is 43.1 Å². The van der Waals surface area contributed by atoms with Crippen LogP contribution in [0.25, 0.3) is 31.7 Å². The molecule has 10 heteroatoms. The van der Waals surface area contributed by atoms with Gasteiger partial charge in [0.25, 0.3) is 0 Å². The van der Waals surface area contributed by atoms with E-state index >= 15 is 0 Å². The van der Waals surface area contributed by atoms with E-state index in [1.807, 2.05) is 18.2 Å². The second kappa shape index (κ2) is 8.14. The van der Waals surface area contributed by atoms with E-state index in [1.54, 1.807) is 22.7 Å². The lowest BCUT2D eigenvalue weighted by molar-refractivity contribution is 0.0331. The number of nitrogens with one attached hydrogen (secondary N) is 3. The van der Waals surface area contributed by atoms with Crippen LogP contribution in [0, 0.1) is 0 Å². The fourth-order valence-corrected chi connectivity index (χ4v) is 5.75. The molecular weight excluding hydrogens is 444 g/mol. The molecule has 0 unspecified atom stereocenters. The van der Waals surface area contributed by atoms with E-state index in [9.17, 15) is 4.79 Å². The maximum atomic E-state index is 11.6. The predicted molar refractivity (Wildman–Crippen MR) is 129 cm³/mol. The van der Waals surface area contributed by atoms with Gasteiger partial charge < -0.3 is 20.0 Å². The number of thiophene rings is 2. The first-order valence-corrected chi connectivity index (χ1v) is 12.1. The molecule has 1 saturated heterocycles. The Kier molecular flexibility index (Phi) is 4.99. The summed E-state index contributed by atoms with van der Waals surface area (Å²) in [6.07, 6.45) is 0. The lowest BCUT2D eigenvalue weighted by Crippen LogP contribution is -2.36. The lowest BCUT2D eigenvalue weighted by Gasteiger charge is -2.25. The summed E-state index contributed by atoms with van der Waals surface area (Å²) in [5, 5.41) is 8.75. The molecule has 1 aliphatic heterocycles. The fourth-order valence-electron chi connectivity index (χ4n) is 3.97. The molecule has 0 aliphatic carbocycles. The Bertz CT molecular complexity index is 1450. The fraction of sp³-hybridized carbons (Fsp3) is 0.227. The minimum Gasteiger partial charge on any atom is -0.379 e. The van der Waals surface area contributed by atoms with Crippen molar-refractivity contribution in [2.45, 2.75) is 6.54 Å². The van der Waals surface area contributed by atoms with Crippen molar-refractivity contribution >= 4 is 55.4 Å². The summed E-state index contributed by atoms with van der Waals surface area (Å²) >= 11 is 3.34. The molecule has 0 amide bonds. The van der Waals surface area contributed by atoms with Gasteiger partial charge >= 0.3 is 5.69 Å². The van der Waals surface area contributed by atoms with Crippen molar-refractivity contribution in [2.75, 3.05) is 31.6 Å². The van der Waals surface area contributed by atoms with Gasteiger partial charge in [0.15, 0.2) is 0 Å². The monoisotopic (exact) mass is 464 g/mol. The maximum absolute atomic E-state index is 11.6. The molecule has 0 spiro atoms. The molecule has 5 aromatic rings. The van der Waals surface area contributed by atoms with E-state index < -0.39 is 0 Å². The molecule has 0 radical (unpaired) electrons. The van der Waals surface area contributed by atoms with Gasteiger partial charge in [-0.15, -0.1) is 22.7 Å². The van der Waals surface area contributed by atoms with Gasteiger partial charge in [-0.3, -0.25) is 4.90 Å². The number of fused-ring (bicyclic) bond motifs is 2. The molecule has 3 N–H and O–H groups in total. The van der Waals surface area contributed by atoms with Gasteiger partial charge in [0.1, 0.15) is 16.5 Å². The van der Waals surface area contributed by atoms with Crippen LogP contribution in [0.1, 0.15) is 5.82 Å². The Balaban J connectivity index is 1.44. The molecule has 1 aromatic carbocycles. The Hall–Kier alpha value is -3.05. The summed E-state index contributed by atoms with van der Waals surface area (Å²) in [6.45, 7) is 3.93. The summed E-state index contributed by atoms with van der Waals surface area (Å²) < 4.78 is 5.47. The molecule has 1 fully saturated rings. The second-order valence-corrected chi connectivity index (χ2v) is 9.45. The quantitative estimate of drug-likeness (QED) is 0.361. The molecule has 1 aliphatic rings. The number of hydrogen-bond donors (Lipinski definition) is 3. The summed E-state index contributed by atoms with van der Waals surface area (Å²) in [7, 11) is 0. The van der Waals surface area contributed by atoms with Crippen molar-refractivity contribution in [2.24, 2.45) is 0 Å². The molecule has 8 nitrogen and oxygen atoms in total. The van der Waals surface area contributed by atoms with Gasteiger partial charge in [0, 0.05) is 34.6 Å². The highest BCUT2D eigenvalue weighted by Gasteiger charge is 2.19. The van der Waals surface area contributed by atoms with E-state index in [0.29, 0.717) is 6.54 Å². The third kappa shape index (κ3) is 3.71. The number of morpholine rings is 1. The SMILES string of the molecule is O=c1[nH]c2ccc(Nc3nc(CN4CCOCC4)nc4scc(-c5cccs5)c34)cc2[nH]1. The molecule has 32 heavy (non-hydrogen) atoms. The summed E-state index contributed by atoms with van der Waals surface area (Å²) in [6, 6.07) is 9.92. The minimum atomic E-state index is -0.216. The van der Waals surface area contributed by atoms with E-state index in [1.165, 1.54) is 4.88 Å². The average molecular weight is 465 g/mol. The number of imidazole rings is 1. The first-order valence-electron chi connectivity index (χ1n) is 10.3. The molecule has 4 aromatic heterocycles. The molecule has 0 bridgehead atoms. The van der Waals surface area contributed by atoms with Gasteiger partial charge in [-0.25, -0.2) is 14.8 Å². The van der Waals surface area contributed by atoms with Crippen LogP contribution >= 0.6 is 22.7 Å². The Morgan fingerprint density at radius 3 is 2.81 bits per heavy atom. The third-order valence-corrected chi connectivity index (χ3v) is 7.29. The highest BCUT2D eigenvalue weighted by atomic mass is 32.1. The highest BCUT2D eigenvalue weighted by Crippen LogP contribution is 2.39. The number of nitrogens with zero attached hydrogens (tertiary/aromatic N) is 3. The zero-order valence-corrected chi connectivity index (χ0v) is 18.7. The molecule has 6 rings (SSSR count). The summed E-state index contributed by atoms with van der Waals surface area (Å²) in [5.74, 6) is 1.57. The Morgan fingerprint density at radius 2 is 1.97 bits per heavy atom. The lowest BCUT2D eigenvalue weighted by atomic mass is 10.2. The number of hydrogen-bond acceptors (Lipinski definition) is 8. The predicted octanol–water partition coefficient (Wildman–Crippen LogP) is 4.17. The van der Waals surface area contributed by atoms with Crippen LogP contribution in [0.2, 0.25) is 0 Å². The largest absolute Gasteiger partial charge is 0.379 e. The summed E-state index contributed by atoms with van der Waals surface area (Å²) in [4.78, 5) is 31.6. The Morgan fingerprint density at radius 1 is 1.09 bits per heavy atom. The van der Waals surface area contributed by atoms with Crippen LogP contribution in [0.4, 0.5) is 11.5 Å². The van der Waals surface area contributed by atoms with Crippen molar-refractivity contribution in [1.82, 2.24) is 24.8 Å². The van der Waals surface area contributed by atoms with Crippen molar-refractivity contribution in [3.05, 3.63) is 57.4 Å². The molecule has 0 saturated carbocycles. The number of benzene rings is 1. The van der Waals surface area contributed by atoms with Crippen LogP contribution in [0.3, 0.4) is 0 Å². The summed E-state index contributed by atoms with van der Waals surface area (Å²) in [5.41, 5.74) is 3.30. The molecular formula is C22H20N6O2S2. The minimum absolute atomic E-state index is 0.216. The normalized spacial score (nSPS) is 15.0. The van der Waals surface area contributed by atoms with Crippen molar-refractivity contribution in [3.63, 3.8) is 0 Å². The number of rotatable bonds is 5. The smallest absolute Gasteiger partial charge is 0.323 e. The van der Waals surface area contributed by atoms with E-state index in [4.69, 9.17) is 14.7 Å². The number of aromatic nitrogens is 4. The number of anilines is 2. The van der Waals surface area contributed by atoms with Crippen LogP contribution in [0.15, 0.2) is 45.9 Å². The van der Waals surface area contributed by atoms with Gasteiger partial charge in [-0.05, 0) is 29.6 Å². The maximum Gasteiger partial charge on any atom is 0.323 e. The molecule has 5 heterocycles. The average Bonchev–Trinajstić information content (AvgIpc) is 3.53. The van der Waals surface area contributed by atoms with Crippen LogP contribution in [-0.2, 0) is 11.3 Å². The first-order chi connectivity index (χ1) is 15.7. The zero-order valence-electron chi connectivity index (χ0n) is 17.1. The van der Waals surface area contributed by atoms with Gasteiger partial charge in [-0.2, -0.15) is 0 Å².